The monoisotopic (exact) mass is 229 g/mol. The summed E-state index contributed by atoms with van der Waals surface area (Å²) in [5.74, 6) is -1.03. The molecule has 2 amide bonds. The second-order valence-electron chi connectivity index (χ2n) is 4.26. The van der Waals surface area contributed by atoms with Crippen molar-refractivity contribution < 1.29 is 14.7 Å². The Hall–Kier alpha value is -1.30. The van der Waals surface area contributed by atoms with E-state index >= 15 is 0 Å². The number of aliphatic carboxylic acids is 1. The molecule has 1 atom stereocenters. The zero-order chi connectivity index (χ0) is 12.1. The standard InChI is InChI=1S/C10H19N3O3/c1-7(9(14)15)11-10(16)12-8-3-5-13(2)6-4-8/h7-8H,3-6H2,1-2H3,(H,14,15)(H2,11,12,16)/t7-/m0/s1. The van der Waals surface area contributed by atoms with Crippen molar-refractivity contribution in [2.75, 3.05) is 20.1 Å². The van der Waals surface area contributed by atoms with E-state index in [9.17, 15) is 9.59 Å². The number of nitrogens with one attached hydrogen (secondary N) is 2. The molecule has 1 fully saturated rings. The number of likely N-dealkylation sites (tertiary alicyclic amines) is 1. The zero-order valence-electron chi connectivity index (χ0n) is 9.69. The van der Waals surface area contributed by atoms with Crippen molar-refractivity contribution in [2.24, 2.45) is 0 Å². The third-order valence-corrected chi connectivity index (χ3v) is 2.77. The minimum absolute atomic E-state index is 0.150. The average molecular weight is 229 g/mol. The topological polar surface area (TPSA) is 81.7 Å². The Bertz CT molecular complexity index is 262. The number of nitrogens with zero attached hydrogens (tertiary/aromatic N) is 1. The normalized spacial score (nSPS) is 20.1. The molecule has 0 aromatic rings. The summed E-state index contributed by atoms with van der Waals surface area (Å²) in [4.78, 5) is 24.1. The molecule has 0 aromatic carbocycles. The third-order valence-electron chi connectivity index (χ3n) is 2.77. The molecule has 0 bridgehead atoms. The number of carboxylic acid groups (broad SMARTS) is 1. The van der Waals surface area contributed by atoms with E-state index in [0.717, 1.165) is 25.9 Å². The van der Waals surface area contributed by atoms with Crippen molar-refractivity contribution in [3.05, 3.63) is 0 Å². The fourth-order valence-corrected chi connectivity index (χ4v) is 1.64. The van der Waals surface area contributed by atoms with Crippen molar-refractivity contribution in [2.45, 2.75) is 31.8 Å². The zero-order valence-corrected chi connectivity index (χ0v) is 9.69. The first-order valence-corrected chi connectivity index (χ1v) is 5.47. The SMILES string of the molecule is C[C@H](NC(=O)NC1CCN(C)CC1)C(=O)O. The van der Waals surface area contributed by atoms with Gasteiger partial charge in [0.15, 0.2) is 0 Å². The summed E-state index contributed by atoms with van der Waals surface area (Å²) in [5.41, 5.74) is 0. The molecule has 16 heavy (non-hydrogen) atoms. The Labute approximate surface area is 95.0 Å². The highest BCUT2D eigenvalue weighted by Gasteiger charge is 2.20. The molecule has 1 heterocycles. The highest BCUT2D eigenvalue weighted by molar-refractivity contribution is 5.82. The van der Waals surface area contributed by atoms with Gasteiger partial charge < -0.3 is 20.6 Å². The molecular formula is C10H19N3O3. The van der Waals surface area contributed by atoms with Gasteiger partial charge in [-0.25, -0.2) is 4.79 Å². The second kappa shape index (κ2) is 5.69. The highest BCUT2D eigenvalue weighted by atomic mass is 16.4. The fourth-order valence-electron chi connectivity index (χ4n) is 1.64. The van der Waals surface area contributed by atoms with Crippen molar-refractivity contribution in [3.63, 3.8) is 0 Å². The summed E-state index contributed by atoms with van der Waals surface area (Å²) in [6, 6.07) is -1.10. The lowest BCUT2D eigenvalue weighted by molar-refractivity contribution is -0.138. The minimum atomic E-state index is -1.03. The van der Waals surface area contributed by atoms with Gasteiger partial charge in [0.05, 0.1) is 0 Å². The number of amides is 2. The quantitative estimate of drug-likeness (QED) is 0.629. The van der Waals surface area contributed by atoms with Crippen LogP contribution in [0, 0.1) is 0 Å². The lowest BCUT2D eigenvalue weighted by atomic mass is 10.1. The maximum Gasteiger partial charge on any atom is 0.325 e. The number of hydrogen-bond donors (Lipinski definition) is 3. The highest BCUT2D eigenvalue weighted by Crippen LogP contribution is 2.07. The Morgan fingerprint density at radius 1 is 1.38 bits per heavy atom. The van der Waals surface area contributed by atoms with E-state index in [1.165, 1.54) is 6.92 Å². The van der Waals surface area contributed by atoms with Crippen molar-refractivity contribution in [1.29, 1.82) is 0 Å². The van der Waals surface area contributed by atoms with Gasteiger partial charge in [0.2, 0.25) is 0 Å². The predicted octanol–water partition coefficient (Wildman–Crippen LogP) is -0.147. The van der Waals surface area contributed by atoms with Crippen LogP contribution in [0.25, 0.3) is 0 Å². The molecule has 1 aliphatic rings. The van der Waals surface area contributed by atoms with E-state index in [0.29, 0.717) is 0 Å². The van der Waals surface area contributed by atoms with Gasteiger partial charge in [0, 0.05) is 6.04 Å². The number of carboxylic acids is 1. The van der Waals surface area contributed by atoms with Gasteiger partial charge >= 0.3 is 12.0 Å². The van der Waals surface area contributed by atoms with Crippen LogP contribution in [0.5, 0.6) is 0 Å². The number of hydrogen-bond acceptors (Lipinski definition) is 3. The average Bonchev–Trinajstić information content (AvgIpc) is 2.21. The van der Waals surface area contributed by atoms with Crippen molar-refractivity contribution in [1.82, 2.24) is 15.5 Å². The van der Waals surface area contributed by atoms with E-state index in [1.54, 1.807) is 0 Å². The lowest BCUT2D eigenvalue weighted by Gasteiger charge is -2.29. The van der Waals surface area contributed by atoms with Gasteiger partial charge in [0.1, 0.15) is 6.04 Å². The van der Waals surface area contributed by atoms with Gasteiger partial charge in [-0.3, -0.25) is 4.79 Å². The molecule has 3 N–H and O–H groups in total. The molecule has 6 heteroatoms. The smallest absolute Gasteiger partial charge is 0.325 e. The molecule has 0 aromatic heterocycles. The largest absolute Gasteiger partial charge is 0.480 e. The van der Waals surface area contributed by atoms with Crippen LogP contribution in [0.2, 0.25) is 0 Å². The first-order valence-electron chi connectivity index (χ1n) is 5.47. The molecular weight excluding hydrogens is 210 g/mol. The van der Waals surface area contributed by atoms with E-state index in [2.05, 4.69) is 15.5 Å². The Balaban J connectivity index is 2.26. The molecule has 1 saturated heterocycles. The number of piperidine rings is 1. The fraction of sp³-hybridized carbons (Fsp3) is 0.800. The Morgan fingerprint density at radius 2 is 1.94 bits per heavy atom. The molecule has 0 unspecified atom stereocenters. The number of rotatable bonds is 3. The summed E-state index contributed by atoms with van der Waals surface area (Å²) in [6.07, 6.45) is 1.82. The number of urea groups is 1. The Morgan fingerprint density at radius 3 is 2.44 bits per heavy atom. The molecule has 6 nitrogen and oxygen atoms in total. The van der Waals surface area contributed by atoms with Gasteiger partial charge in [-0.05, 0) is 39.9 Å². The summed E-state index contributed by atoms with van der Waals surface area (Å²) in [6.45, 7) is 3.36. The molecule has 0 radical (unpaired) electrons. The first-order chi connectivity index (χ1) is 7.49. The van der Waals surface area contributed by atoms with E-state index in [4.69, 9.17) is 5.11 Å². The van der Waals surface area contributed by atoms with Crippen LogP contribution in [0.3, 0.4) is 0 Å². The van der Waals surface area contributed by atoms with E-state index in [-0.39, 0.29) is 6.04 Å². The van der Waals surface area contributed by atoms with Crippen LogP contribution < -0.4 is 10.6 Å². The summed E-state index contributed by atoms with van der Waals surface area (Å²) < 4.78 is 0. The molecule has 92 valence electrons. The number of carbonyl (C=O) groups excluding carboxylic acids is 1. The maximum atomic E-state index is 11.4. The lowest BCUT2D eigenvalue weighted by Crippen LogP contribution is -2.50. The van der Waals surface area contributed by atoms with Crippen molar-refractivity contribution >= 4 is 12.0 Å². The van der Waals surface area contributed by atoms with Crippen LogP contribution in [0.1, 0.15) is 19.8 Å². The summed E-state index contributed by atoms with van der Waals surface area (Å²) >= 11 is 0. The summed E-state index contributed by atoms with van der Waals surface area (Å²) in [7, 11) is 2.04. The van der Waals surface area contributed by atoms with Crippen LogP contribution in [0.4, 0.5) is 4.79 Å². The summed E-state index contributed by atoms with van der Waals surface area (Å²) in [5, 5.41) is 13.8. The molecule has 1 rings (SSSR count). The van der Waals surface area contributed by atoms with E-state index in [1.807, 2.05) is 7.05 Å². The molecule has 0 spiro atoms. The van der Waals surface area contributed by atoms with Crippen LogP contribution in [0.15, 0.2) is 0 Å². The minimum Gasteiger partial charge on any atom is -0.480 e. The molecule has 1 aliphatic heterocycles. The van der Waals surface area contributed by atoms with Gasteiger partial charge in [-0.1, -0.05) is 0 Å². The third kappa shape index (κ3) is 4.06. The molecule has 0 aliphatic carbocycles. The Kier molecular flexibility index (Phi) is 4.54. The van der Waals surface area contributed by atoms with Gasteiger partial charge in [-0.15, -0.1) is 0 Å². The van der Waals surface area contributed by atoms with E-state index < -0.39 is 18.0 Å². The van der Waals surface area contributed by atoms with Crippen molar-refractivity contribution in [3.8, 4) is 0 Å². The molecule has 0 saturated carbocycles. The van der Waals surface area contributed by atoms with Crippen LogP contribution in [-0.2, 0) is 4.79 Å². The second-order valence-corrected chi connectivity index (χ2v) is 4.26. The van der Waals surface area contributed by atoms with Gasteiger partial charge in [-0.2, -0.15) is 0 Å². The predicted molar refractivity (Wildman–Crippen MR) is 59.3 cm³/mol. The van der Waals surface area contributed by atoms with Crippen LogP contribution in [-0.4, -0.2) is 54.2 Å². The van der Waals surface area contributed by atoms with Gasteiger partial charge in [0.25, 0.3) is 0 Å². The van der Waals surface area contributed by atoms with Crippen LogP contribution >= 0.6 is 0 Å². The number of carbonyl (C=O) groups is 2. The maximum absolute atomic E-state index is 11.4. The first kappa shape index (κ1) is 12.8.